The van der Waals surface area contributed by atoms with Crippen molar-refractivity contribution in [3.63, 3.8) is 0 Å². The quantitative estimate of drug-likeness (QED) is 0.838. The number of nitrogens with one attached hydrogen (secondary N) is 1. The minimum absolute atomic E-state index is 0. The average molecular weight is 314 g/mol. The number of likely N-dealkylation sites (tertiary alicyclic amines) is 1. The molecular formula is C15H24ClN3O2. The molecule has 2 rings (SSSR count). The summed E-state index contributed by atoms with van der Waals surface area (Å²) in [5.41, 5.74) is 8.47. The molecule has 5 nitrogen and oxygen atoms in total. The fraction of sp³-hybridized carbons (Fsp3) is 0.600. The predicted molar refractivity (Wildman–Crippen MR) is 85.2 cm³/mol. The maximum absolute atomic E-state index is 12.6. The van der Waals surface area contributed by atoms with Crippen molar-refractivity contribution in [1.29, 1.82) is 0 Å². The van der Waals surface area contributed by atoms with Gasteiger partial charge >= 0.3 is 0 Å². The van der Waals surface area contributed by atoms with Crippen molar-refractivity contribution in [2.45, 2.75) is 34.1 Å². The van der Waals surface area contributed by atoms with E-state index in [1.807, 2.05) is 18.7 Å². The summed E-state index contributed by atoms with van der Waals surface area (Å²) in [6, 6.07) is 0. The summed E-state index contributed by atoms with van der Waals surface area (Å²) in [5.74, 6) is -0.0428. The van der Waals surface area contributed by atoms with Crippen LogP contribution in [0.1, 0.15) is 52.4 Å². The highest BCUT2D eigenvalue weighted by Gasteiger charge is 2.36. The van der Waals surface area contributed by atoms with Crippen molar-refractivity contribution >= 4 is 24.1 Å². The molecule has 1 fully saturated rings. The second-order valence-corrected chi connectivity index (χ2v) is 6.17. The van der Waals surface area contributed by atoms with E-state index < -0.39 is 0 Å². The Morgan fingerprint density at radius 1 is 1.38 bits per heavy atom. The number of Topliss-reactive ketones (excluding diaryl/α,β-unsaturated/α-hetero) is 1. The molecule has 0 saturated carbocycles. The van der Waals surface area contributed by atoms with Gasteiger partial charge in [-0.15, -0.1) is 12.4 Å². The van der Waals surface area contributed by atoms with Crippen molar-refractivity contribution in [3.05, 3.63) is 22.5 Å². The zero-order valence-corrected chi connectivity index (χ0v) is 13.9. The lowest BCUT2D eigenvalue weighted by molar-refractivity contribution is 0.0771. The third kappa shape index (κ3) is 3.14. The zero-order chi connectivity index (χ0) is 15.1. The first-order valence-corrected chi connectivity index (χ1v) is 6.98. The van der Waals surface area contributed by atoms with Crippen LogP contribution in [0.15, 0.2) is 0 Å². The molecule has 0 aliphatic carbocycles. The number of amides is 1. The molecule has 118 valence electrons. The molecule has 1 aromatic heterocycles. The molecule has 0 aromatic carbocycles. The summed E-state index contributed by atoms with van der Waals surface area (Å²) in [6.07, 6.45) is 0.924. The van der Waals surface area contributed by atoms with Crippen LogP contribution in [0.3, 0.4) is 0 Å². The van der Waals surface area contributed by atoms with Crippen molar-refractivity contribution in [2.24, 2.45) is 11.1 Å². The van der Waals surface area contributed by atoms with E-state index in [0.29, 0.717) is 24.3 Å². The number of nitrogens with zero attached hydrogens (tertiary/aromatic N) is 1. The van der Waals surface area contributed by atoms with Gasteiger partial charge in [0.15, 0.2) is 5.78 Å². The van der Waals surface area contributed by atoms with Crippen LogP contribution in [0.4, 0.5) is 0 Å². The number of aromatic nitrogens is 1. The summed E-state index contributed by atoms with van der Waals surface area (Å²) < 4.78 is 0. The van der Waals surface area contributed by atoms with E-state index in [1.54, 1.807) is 0 Å². The lowest BCUT2D eigenvalue weighted by Crippen LogP contribution is -2.34. The number of hydrogen-bond donors (Lipinski definition) is 2. The van der Waals surface area contributed by atoms with Gasteiger partial charge in [0.2, 0.25) is 0 Å². The Balaban J connectivity index is 0.00000220. The smallest absolute Gasteiger partial charge is 0.270 e. The number of carbonyl (C=O) groups excluding carboxylic acids is 2. The lowest BCUT2D eigenvalue weighted by atomic mass is 9.90. The average Bonchev–Trinajstić information content (AvgIpc) is 2.90. The summed E-state index contributed by atoms with van der Waals surface area (Å²) in [7, 11) is 0. The Kier molecular flexibility index (Phi) is 5.23. The Bertz CT molecular complexity index is 568. The number of carbonyl (C=O) groups is 2. The van der Waals surface area contributed by atoms with E-state index in [-0.39, 0.29) is 29.5 Å². The molecule has 1 aliphatic heterocycles. The Labute approximate surface area is 131 Å². The Hall–Kier alpha value is -1.33. The summed E-state index contributed by atoms with van der Waals surface area (Å²) >= 11 is 0. The minimum atomic E-state index is -0.0322. The van der Waals surface area contributed by atoms with Crippen LogP contribution in [0.5, 0.6) is 0 Å². The highest BCUT2D eigenvalue weighted by molar-refractivity contribution is 6.02. The van der Waals surface area contributed by atoms with Crippen molar-refractivity contribution < 1.29 is 9.59 Å². The van der Waals surface area contributed by atoms with Gasteiger partial charge in [0.1, 0.15) is 5.69 Å². The second-order valence-electron chi connectivity index (χ2n) is 6.17. The maximum Gasteiger partial charge on any atom is 0.270 e. The SMILES string of the molecule is CC(=O)c1c(C)[nH]c(C(=O)N2CCC(C)(CN)C2)c1C.Cl. The van der Waals surface area contributed by atoms with Gasteiger partial charge < -0.3 is 15.6 Å². The first-order valence-electron chi connectivity index (χ1n) is 6.98. The number of rotatable bonds is 3. The monoisotopic (exact) mass is 313 g/mol. The molecule has 0 spiro atoms. The van der Waals surface area contributed by atoms with E-state index in [9.17, 15) is 9.59 Å². The summed E-state index contributed by atoms with van der Waals surface area (Å²) in [4.78, 5) is 29.1. The zero-order valence-electron chi connectivity index (χ0n) is 13.1. The molecule has 1 unspecified atom stereocenters. The van der Waals surface area contributed by atoms with Crippen LogP contribution >= 0.6 is 12.4 Å². The molecule has 0 radical (unpaired) electrons. The van der Waals surface area contributed by atoms with E-state index >= 15 is 0 Å². The van der Waals surface area contributed by atoms with Crippen molar-refractivity contribution in [3.8, 4) is 0 Å². The van der Waals surface area contributed by atoms with Crippen LogP contribution in [-0.2, 0) is 0 Å². The molecule has 1 aliphatic rings. The molecule has 1 amide bonds. The largest absolute Gasteiger partial charge is 0.354 e. The highest BCUT2D eigenvalue weighted by atomic mass is 35.5. The molecule has 21 heavy (non-hydrogen) atoms. The van der Waals surface area contributed by atoms with Gasteiger partial charge in [-0.1, -0.05) is 6.92 Å². The summed E-state index contributed by atoms with van der Waals surface area (Å²) in [5, 5.41) is 0. The van der Waals surface area contributed by atoms with Gasteiger partial charge in [-0.05, 0) is 44.7 Å². The van der Waals surface area contributed by atoms with Crippen LogP contribution in [0.25, 0.3) is 0 Å². The van der Waals surface area contributed by atoms with Gasteiger partial charge in [0.25, 0.3) is 5.91 Å². The minimum Gasteiger partial charge on any atom is -0.354 e. The van der Waals surface area contributed by atoms with E-state index in [4.69, 9.17) is 5.73 Å². The third-order valence-electron chi connectivity index (χ3n) is 4.34. The van der Waals surface area contributed by atoms with Crippen molar-refractivity contribution in [1.82, 2.24) is 9.88 Å². The molecule has 1 aromatic rings. The number of hydrogen-bond acceptors (Lipinski definition) is 3. The van der Waals surface area contributed by atoms with Crippen LogP contribution in [0, 0.1) is 19.3 Å². The topological polar surface area (TPSA) is 79.2 Å². The van der Waals surface area contributed by atoms with Gasteiger partial charge in [0.05, 0.1) is 0 Å². The second kappa shape index (κ2) is 6.20. The first-order chi connectivity index (χ1) is 9.29. The molecule has 2 heterocycles. The number of H-pyrrole nitrogens is 1. The number of aryl methyl sites for hydroxylation is 1. The summed E-state index contributed by atoms with van der Waals surface area (Å²) in [6.45, 7) is 9.26. The van der Waals surface area contributed by atoms with Crippen LogP contribution < -0.4 is 5.73 Å². The molecular weight excluding hydrogens is 290 g/mol. The standard InChI is InChI=1S/C15H23N3O2.ClH/c1-9-12(11(3)19)10(2)17-13(9)14(20)18-6-5-15(4,7-16)8-18;/h17H,5-8,16H2,1-4H3;1H. The lowest BCUT2D eigenvalue weighted by Gasteiger charge is -2.22. The fourth-order valence-electron chi connectivity index (χ4n) is 3.01. The molecule has 1 saturated heterocycles. The number of aromatic amines is 1. The normalized spacial score (nSPS) is 21.3. The van der Waals surface area contributed by atoms with E-state index in [2.05, 4.69) is 11.9 Å². The number of ketones is 1. The van der Waals surface area contributed by atoms with Gasteiger partial charge in [-0.2, -0.15) is 0 Å². The van der Waals surface area contributed by atoms with Gasteiger partial charge in [-0.25, -0.2) is 0 Å². The van der Waals surface area contributed by atoms with Gasteiger partial charge in [0, 0.05) is 24.3 Å². The number of nitrogens with two attached hydrogens (primary N) is 1. The molecule has 0 bridgehead atoms. The predicted octanol–water partition coefficient (Wildman–Crippen LogP) is 2.07. The molecule has 1 atom stereocenters. The van der Waals surface area contributed by atoms with Crippen LogP contribution in [-0.4, -0.2) is 41.2 Å². The Morgan fingerprint density at radius 3 is 2.43 bits per heavy atom. The number of halogens is 1. The van der Waals surface area contributed by atoms with E-state index in [0.717, 1.165) is 24.2 Å². The highest BCUT2D eigenvalue weighted by Crippen LogP contribution is 2.30. The third-order valence-corrected chi connectivity index (χ3v) is 4.34. The Morgan fingerprint density at radius 2 is 2.00 bits per heavy atom. The van der Waals surface area contributed by atoms with Gasteiger partial charge in [-0.3, -0.25) is 9.59 Å². The van der Waals surface area contributed by atoms with Crippen LogP contribution in [0.2, 0.25) is 0 Å². The van der Waals surface area contributed by atoms with Crippen molar-refractivity contribution in [2.75, 3.05) is 19.6 Å². The molecule has 6 heteroatoms. The fourth-order valence-corrected chi connectivity index (χ4v) is 3.01. The van der Waals surface area contributed by atoms with E-state index in [1.165, 1.54) is 6.92 Å². The molecule has 3 N–H and O–H groups in total. The first kappa shape index (κ1) is 17.7. The maximum atomic E-state index is 12.6.